The van der Waals surface area contributed by atoms with Gasteiger partial charge in [-0.15, -0.1) is 0 Å². The highest BCUT2D eigenvalue weighted by Gasteiger charge is 1.91. The lowest BCUT2D eigenvalue weighted by molar-refractivity contribution is 0.182. The normalized spacial score (nSPS) is 14.3. The molecule has 0 amide bonds. The fourth-order valence-corrected chi connectivity index (χ4v) is 0.816. The highest BCUT2D eigenvalue weighted by Crippen LogP contribution is 2.00. The largest absolute Gasteiger partial charge is 0.393 e. The molecule has 1 nitrogen and oxygen atoms in total. The van der Waals surface area contributed by atoms with E-state index in [0.717, 1.165) is 25.7 Å². The molecule has 0 saturated carbocycles. The molecule has 0 aliphatic heterocycles. The third-order valence-electron chi connectivity index (χ3n) is 1.40. The molecule has 0 aromatic rings. The predicted octanol–water partition coefficient (Wildman–Crippen LogP) is 2.50. The molecule has 0 bridgehead atoms. The molecule has 1 atom stereocenters. The number of hydrogen-bond donors (Lipinski definition) is 1. The second-order valence-corrected chi connectivity index (χ2v) is 2.66. The molecule has 0 heterocycles. The maximum Gasteiger partial charge on any atom is 0.0512 e. The molecular formula is C9H18O. The van der Waals surface area contributed by atoms with Crippen molar-refractivity contribution < 1.29 is 5.11 Å². The highest BCUT2D eigenvalue weighted by molar-refractivity contribution is 4.79. The zero-order valence-electron chi connectivity index (χ0n) is 7.01. The minimum absolute atomic E-state index is 0.130. The van der Waals surface area contributed by atoms with Gasteiger partial charge < -0.3 is 5.11 Å². The molecule has 0 saturated heterocycles. The Bertz CT molecular complexity index is 84.7. The lowest BCUT2D eigenvalue weighted by Crippen LogP contribution is -1.97. The van der Waals surface area contributed by atoms with Crippen molar-refractivity contribution in [2.75, 3.05) is 0 Å². The summed E-state index contributed by atoms with van der Waals surface area (Å²) in [4.78, 5) is 0. The van der Waals surface area contributed by atoms with Gasteiger partial charge in [0.2, 0.25) is 0 Å². The maximum atomic E-state index is 8.88. The van der Waals surface area contributed by atoms with Crippen LogP contribution in [0, 0.1) is 0 Å². The summed E-state index contributed by atoms with van der Waals surface area (Å²) in [6, 6.07) is 0. The van der Waals surface area contributed by atoms with Crippen molar-refractivity contribution in [2.45, 2.75) is 45.6 Å². The Hall–Kier alpha value is -0.300. The molecular weight excluding hydrogens is 124 g/mol. The van der Waals surface area contributed by atoms with Crippen molar-refractivity contribution in [1.82, 2.24) is 0 Å². The van der Waals surface area contributed by atoms with Crippen LogP contribution in [0.5, 0.6) is 0 Å². The van der Waals surface area contributed by atoms with E-state index >= 15 is 0 Å². The van der Waals surface area contributed by atoms with Crippen LogP contribution in [-0.4, -0.2) is 11.2 Å². The summed E-state index contributed by atoms with van der Waals surface area (Å²) in [6.45, 7) is 3.97. The quantitative estimate of drug-likeness (QED) is 0.462. The second-order valence-electron chi connectivity index (χ2n) is 2.66. The van der Waals surface area contributed by atoms with E-state index in [-0.39, 0.29) is 6.10 Å². The second kappa shape index (κ2) is 6.81. The summed E-state index contributed by atoms with van der Waals surface area (Å²) in [7, 11) is 0. The van der Waals surface area contributed by atoms with Crippen LogP contribution in [0.3, 0.4) is 0 Å². The first kappa shape index (κ1) is 9.70. The maximum absolute atomic E-state index is 8.88. The molecule has 10 heavy (non-hydrogen) atoms. The lowest BCUT2D eigenvalue weighted by atomic mass is 10.1. The van der Waals surface area contributed by atoms with Crippen LogP contribution in [0.4, 0.5) is 0 Å². The molecule has 0 aliphatic rings. The summed E-state index contributed by atoms with van der Waals surface area (Å²) in [5, 5.41) is 8.88. The first-order chi connectivity index (χ1) is 4.77. The van der Waals surface area contributed by atoms with E-state index in [9.17, 15) is 0 Å². The van der Waals surface area contributed by atoms with Gasteiger partial charge in [-0.1, -0.05) is 19.1 Å². The van der Waals surface area contributed by atoms with E-state index in [0.29, 0.717) is 0 Å². The molecule has 0 fully saturated rings. The number of aliphatic hydroxyl groups excluding tert-OH is 1. The Morgan fingerprint density at radius 2 is 2.10 bits per heavy atom. The third kappa shape index (κ3) is 7.70. The predicted molar refractivity (Wildman–Crippen MR) is 45.0 cm³/mol. The van der Waals surface area contributed by atoms with Crippen LogP contribution in [0.1, 0.15) is 39.5 Å². The summed E-state index contributed by atoms with van der Waals surface area (Å²) in [5.41, 5.74) is 0. The average molecular weight is 142 g/mol. The Labute approximate surface area is 63.8 Å². The van der Waals surface area contributed by atoms with E-state index in [4.69, 9.17) is 5.11 Å². The van der Waals surface area contributed by atoms with Crippen LogP contribution >= 0.6 is 0 Å². The topological polar surface area (TPSA) is 20.2 Å². The Morgan fingerprint density at radius 1 is 1.40 bits per heavy atom. The molecule has 0 aromatic carbocycles. The zero-order valence-corrected chi connectivity index (χ0v) is 7.01. The van der Waals surface area contributed by atoms with Crippen LogP contribution < -0.4 is 0 Å². The Morgan fingerprint density at radius 3 is 2.60 bits per heavy atom. The molecule has 0 spiro atoms. The van der Waals surface area contributed by atoms with Crippen molar-refractivity contribution in [1.29, 1.82) is 0 Å². The van der Waals surface area contributed by atoms with Gasteiger partial charge >= 0.3 is 0 Å². The van der Waals surface area contributed by atoms with Crippen molar-refractivity contribution in [3.8, 4) is 0 Å². The molecule has 0 aromatic heterocycles. The van der Waals surface area contributed by atoms with Gasteiger partial charge in [0.05, 0.1) is 6.10 Å². The lowest BCUT2D eigenvalue weighted by Gasteiger charge is -1.99. The van der Waals surface area contributed by atoms with Gasteiger partial charge in [0.1, 0.15) is 0 Å². The van der Waals surface area contributed by atoms with Crippen molar-refractivity contribution in [2.24, 2.45) is 0 Å². The standard InChI is InChI=1S/C9H18O/c1-3-4-5-6-7-8-9(2)10/h4-5,9-10H,3,6-8H2,1-2H3/t9-/m1/s1. The Kier molecular flexibility index (Phi) is 6.61. The van der Waals surface area contributed by atoms with Crippen LogP contribution in [0.25, 0.3) is 0 Å². The first-order valence-corrected chi connectivity index (χ1v) is 4.10. The van der Waals surface area contributed by atoms with E-state index < -0.39 is 0 Å². The monoisotopic (exact) mass is 142 g/mol. The van der Waals surface area contributed by atoms with Crippen LogP contribution in [0.15, 0.2) is 12.2 Å². The molecule has 0 radical (unpaired) electrons. The molecule has 0 unspecified atom stereocenters. The van der Waals surface area contributed by atoms with Gasteiger partial charge in [-0.05, 0) is 32.6 Å². The Balaban J connectivity index is 2.97. The van der Waals surface area contributed by atoms with Crippen molar-refractivity contribution >= 4 is 0 Å². The number of unbranched alkanes of at least 4 members (excludes halogenated alkanes) is 1. The number of hydrogen-bond acceptors (Lipinski definition) is 1. The number of aliphatic hydroxyl groups is 1. The van der Waals surface area contributed by atoms with E-state index in [1.807, 2.05) is 6.92 Å². The minimum atomic E-state index is -0.130. The number of rotatable bonds is 5. The third-order valence-corrected chi connectivity index (χ3v) is 1.40. The van der Waals surface area contributed by atoms with E-state index in [1.165, 1.54) is 0 Å². The zero-order chi connectivity index (χ0) is 7.82. The fourth-order valence-electron chi connectivity index (χ4n) is 0.816. The number of allylic oxidation sites excluding steroid dienone is 2. The molecule has 0 rings (SSSR count). The van der Waals surface area contributed by atoms with E-state index in [2.05, 4.69) is 19.1 Å². The SMILES string of the molecule is CCC=CCCC[C@@H](C)O. The highest BCUT2D eigenvalue weighted by atomic mass is 16.3. The molecule has 1 N–H and O–H groups in total. The van der Waals surface area contributed by atoms with Gasteiger partial charge in [-0.3, -0.25) is 0 Å². The minimum Gasteiger partial charge on any atom is -0.393 e. The molecule has 60 valence electrons. The van der Waals surface area contributed by atoms with Crippen LogP contribution in [-0.2, 0) is 0 Å². The van der Waals surface area contributed by atoms with Gasteiger partial charge in [-0.2, -0.15) is 0 Å². The van der Waals surface area contributed by atoms with Gasteiger partial charge in [0.15, 0.2) is 0 Å². The molecule has 1 heteroatoms. The summed E-state index contributed by atoms with van der Waals surface area (Å²) < 4.78 is 0. The van der Waals surface area contributed by atoms with Crippen molar-refractivity contribution in [3.05, 3.63) is 12.2 Å². The summed E-state index contributed by atoms with van der Waals surface area (Å²) in [6.07, 6.45) is 8.48. The average Bonchev–Trinajstić information content (AvgIpc) is 1.87. The molecule has 0 aliphatic carbocycles. The fraction of sp³-hybridized carbons (Fsp3) is 0.778. The van der Waals surface area contributed by atoms with Crippen LogP contribution in [0.2, 0.25) is 0 Å². The van der Waals surface area contributed by atoms with Gasteiger partial charge in [-0.25, -0.2) is 0 Å². The summed E-state index contributed by atoms with van der Waals surface area (Å²) >= 11 is 0. The van der Waals surface area contributed by atoms with Gasteiger partial charge in [0, 0.05) is 0 Å². The smallest absolute Gasteiger partial charge is 0.0512 e. The van der Waals surface area contributed by atoms with Crippen molar-refractivity contribution in [3.63, 3.8) is 0 Å². The summed E-state index contributed by atoms with van der Waals surface area (Å²) in [5.74, 6) is 0. The first-order valence-electron chi connectivity index (χ1n) is 4.10. The van der Waals surface area contributed by atoms with E-state index in [1.54, 1.807) is 0 Å². The van der Waals surface area contributed by atoms with Gasteiger partial charge in [0.25, 0.3) is 0 Å².